The van der Waals surface area contributed by atoms with E-state index >= 15 is 0 Å². The van der Waals surface area contributed by atoms with Gasteiger partial charge in [0.1, 0.15) is 5.82 Å². The lowest BCUT2D eigenvalue weighted by molar-refractivity contribution is 0.403. The van der Waals surface area contributed by atoms with E-state index in [4.69, 9.17) is 15.1 Å². The molecule has 1 unspecified atom stereocenters. The number of nitrogens with one attached hydrogen (secondary N) is 1. The highest BCUT2D eigenvalue weighted by Crippen LogP contribution is 2.31. The number of aromatic amines is 1. The minimum atomic E-state index is 0.0531. The first-order valence-electron chi connectivity index (χ1n) is 10.00. The summed E-state index contributed by atoms with van der Waals surface area (Å²) >= 11 is 0. The Balaban J connectivity index is 1.52. The van der Waals surface area contributed by atoms with Crippen LogP contribution in [-0.2, 0) is 0 Å². The van der Waals surface area contributed by atoms with Crippen LogP contribution in [0.3, 0.4) is 0 Å². The average Bonchev–Trinajstić information content (AvgIpc) is 3.39. The number of nitrogen functional groups attached to an aromatic ring is 1. The fourth-order valence-corrected chi connectivity index (χ4v) is 4.05. The van der Waals surface area contributed by atoms with Crippen LogP contribution in [0.4, 0.5) is 11.8 Å². The first-order valence-corrected chi connectivity index (χ1v) is 10.00. The molecule has 5 rings (SSSR count). The fourth-order valence-electron chi connectivity index (χ4n) is 4.05. The number of nitrogens with two attached hydrogens (primary N) is 1. The number of H-pyrrole nitrogens is 1. The number of hydrogen-bond donors (Lipinski definition) is 2. The van der Waals surface area contributed by atoms with Gasteiger partial charge >= 0.3 is 6.01 Å². The number of benzene rings is 1. The SMILES string of the molecule is CCC1CCCN(c2ccnc(-c3c[nH]c4ccc(-c5nnc(N)o5)cc34)n2)C1. The molecule has 0 spiro atoms. The van der Waals surface area contributed by atoms with Gasteiger partial charge < -0.3 is 20.0 Å². The normalized spacial score (nSPS) is 17.1. The number of hydrogen-bond acceptors (Lipinski definition) is 7. The van der Waals surface area contributed by atoms with Crippen LogP contribution >= 0.6 is 0 Å². The van der Waals surface area contributed by atoms with Crippen molar-refractivity contribution < 1.29 is 4.42 Å². The fraction of sp³-hybridized carbons (Fsp3) is 0.333. The van der Waals surface area contributed by atoms with Crippen molar-refractivity contribution in [1.82, 2.24) is 25.1 Å². The van der Waals surface area contributed by atoms with Gasteiger partial charge in [0.05, 0.1) is 0 Å². The number of anilines is 2. The predicted octanol–water partition coefficient (Wildman–Crippen LogP) is 3.88. The van der Waals surface area contributed by atoms with Gasteiger partial charge in [0.2, 0.25) is 5.89 Å². The quantitative estimate of drug-likeness (QED) is 0.545. The topological polar surface area (TPSA) is 110 Å². The lowest BCUT2D eigenvalue weighted by Gasteiger charge is -2.33. The Labute approximate surface area is 168 Å². The van der Waals surface area contributed by atoms with Crippen molar-refractivity contribution in [1.29, 1.82) is 0 Å². The lowest BCUT2D eigenvalue weighted by Crippen LogP contribution is -2.35. The third-order valence-electron chi connectivity index (χ3n) is 5.67. The monoisotopic (exact) mass is 389 g/mol. The Morgan fingerprint density at radius 3 is 3.03 bits per heavy atom. The van der Waals surface area contributed by atoms with Gasteiger partial charge in [-0.05, 0) is 43.0 Å². The molecule has 0 aliphatic carbocycles. The van der Waals surface area contributed by atoms with E-state index in [9.17, 15) is 0 Å². The Morgan fingerprint density at radius 1 is 1.28 bits per heavy atom. The second-order valence-electron chi connectivity index (χ2n) is 7.51. The summed E-state index contributed by atoms with van der Waals surface area (Å²) in [6.07, 6.45) is 7.51. The first kappa shape index (κ1) is 17.7. The van der Waals surface area contributed by atoms with E-state index in [1.165, 1.54) is 19.3 Å². The summed E-state index contributed by atoms with van der Waals surface area (Å²) in [5, 5.41) is 8.72. The van der Waals surface area contributed by atoms with Crippen molar-refractivity contribution >= 4 is 22.7 Å². The molecule has 0 bridgehead atoms. The molecule has 0 saturated carbocycles. The zero-order chi connectivity index (χ0) is 19.8. The van der Waals surface area contributed by atoms with E-state index in [2.05, 4.69) is 32.0 Å². The molecule has 4 heterocycles. The zero-order valence-corrected chi connectivity index (χ0v) is 16.3. The molecule has 1 aromatic carbocycles. The van der Waals surface area contributed by atoms with Crippen molar-refractivity contribution in [2.45, 2.75) is 26.2 Å². The minimum Gasteiger partial charge on any atom is -0.404 e. The van der Waals surface area contributed by atoms with Gasteiger partial charge in [-0.1, -0.05) is 18.4 Å². The third kappa shape index (κ3) is 3.30. The van der Waals surface area contributed by atoms with Crippen molar-refractivity contribution in [2.24, 2.45) is 5.92 Å². The molecule has 0 radical (unpaired) electrons. The van der Waals surface area contributed by atoms with Crippen molar-refractivity contribution in [3.05, 3.63) is 36.7 Å². The predicted molar refractivity (Wildman–Crippen MR) is 112 cm³/mol. The van der Waals surface area contributed by atoms with Crippen molar-refractivity contribution in [3.63, 3.8) is 0 Å². The molecule has 29 heavy (non-hydrogen) atoms. The maximum absolute atomic E-state index is 5.57. The van der Waals surface area contributed by atoms with Gasteiger partial charge in [0.25, 0.3) is 0 Å². The van der Waals surface area contributed by atoms with Crippen LogP contribution in [0.1, 0.15) is 26.2 Å². The smallest absolute Gasteiger partial charge is 0.313 e. The number of aromatic nitrogens is 5. The summed E-state index contributed by atoms with van der Waals surface area (Å²) in [7, 11) is 0. The maximum Gasteiger partial charge on any atom is 0.313 e. The van der Waals surface area contributed by atoms with Crippen LogP contribution in [0.25, 0.3) is 33.7 Å². The van der Waals surface area contributed by atoms with Crippen LogP contribution in [-0.4, -0.2) is 38.2 Å². The number of rotatable bonds is 4. The Hall–Kier alpha value is -3.42. The summed E-state index contributed by atoms with van der Waals surface area (Å²) in [5.41, 5.74) is 8.31. The standard InChI is InChI=1S/C21H23N7O/c1-2-13-4-3-9-28(12-13)18-7-8-23-19(25-18)16-11-24-17-6-5-14(10-15(16)17)20-26-27-21(22)29-20/h5-8,10-11,13,24H,2-4,9,12H2,1H3,(H2,22,27). The van der Waals surface area contributed by atoms with Crippen molar-refractivity contribution in [2.75, 3.05) is 23.7 Å². The zero-order valence-electron chi connectivity index (χ0n) is 16.3. The highest BCUT2D eigenvalue weighted by atomic mass is 16.4. The Kier molecular flexibility index (Phi) is 4.38. The van der Waals surface area contributed by atoms with Crippen LogP contribution in [0.2, 0.25) is 0 Å². The Morgan fingerprint density at radius 2 is 2.21 bits per heavy atom. The molecular formula is C21H23N7O. The molecule has 1 aliphatic heterocycles. The van der Waals surface area contributed by atoms with E-state index in [1.807, 2.05) is 36.7 Å². The lowest BCUT2D eigenvalue weighted by atomic mass is 9.96. The second-order valence-corrected chi connectivity index (χ2v) is 7.51. The van der Waals surface area contributed by atoms with E-state index < -0.39 is 0 Å². The van der Waals surface area contributed by atoms with Crippen LogP contribution in [0.5, 0.6) is 0 Å². The molecule has 3 N–H and O–H groups in total. The molecular weight excluding hydrogens is 366 g/mol. The van der Waals surface area contributed by atoms with Gasteiger partial charge in [0, 0.05) is 47.5 Å². The summed E-state index contributed by atoms with van der Waals surface area (Å²) in [5.74, 6) is 2.82. The molecule has 0 amide bonds. The van der Waals surface area contributed by atoms with Crippen LogP contribution in [0.15, 0.2) is 41.1 Å². The van der Waals surface area contributed by atoms with Gasteiger partial charge in [-0.15, -0.1) is 5.10 Å². The molecule has 1 aliphatic rings. The molecule has 1 fully saturated rings. The van der Waals surface area contributed by atoms with Crippen molar-refractivity contribution in [3.8, 4) is 22.8 Å². The molecule has 8 heteroatoms. The molecule has 1 atom stereocenters. The summed E-state index contributed by atoms with van der Waals surface area (Å²) in [6.45, 7) is 4.37. The molecule has 8 nitrogen and oxygen atoms in total. The highest BCUT2D eigenvalue weighted by Gasteiger charge is 2.20. The van der Waals surface area contributed by atoms with Gasteiger partial charge in [0.15, 0.2) is 5.82 Å². The number of piperidine rings is 1. The maximum atomic E-state index is 5.57. The summed E-state index contributed by atoms with van der Waals surface area (Å²) in [4.78, 5) is 15.1. The first-order chi connectivity index (χ1) is 14.2. The van der Waals surface area contributed by atoms with Crippen LogP contribution in [0, 0.1) is 5.92 Å². The van der Waals surface area contributed by atoms with E-state index in [1.54, 1.807) is 0 Å². The summed E-state index contributed by atoms with van der Waals surface area (Å²) < 4.78 is 5.37. The summed E-state index contributed by atoms with van der Waals surface area (Å²) in [6, 6.07) is 7.96. The molecule has 1 saturated heterocycles. The third-order valence-corrected chi connectivity index (χ3v) is 5.67. The largest absolute Gasteiger partial charge is 0.404 e. The highest BCUT2D eigenvalue weighted by molar-refractivity contribution is 5.96. The van der Waals surface area contributed by atoms with Crippen LogP contribution < -0.4 is 10.6 Å². The average molecular weight is 389 g/mol. The number of fused-ring (bicyclic) bond motifs is 1. The van der Waals surface area contributed by atoms with E-state index in [0.717, 1.165) is 46.9 Å². The molecule has 4 aromatic rings. The van der Waals surface area contributed by atoms with E-state index in [0.29, 0.717) is 11.7 Å². The van der Waals surface area contributed by atoms with Gasteiger partial charge in [-0.3, -0.25) is 0 Å². The van der Waals surface area contributed by atoms with Gasteiger partial charge in [-0.25, -0.2) is 9.97 Å². The van der Waals surface area contributed by atoms with E-state index in [-0.39, 0.29) is 6.01 Å². The Bertz CT molecular complexity index is 1150. The van der Waals surface area contributed by atoms with Gasteiger partial charge in [-0.2, -0.15) is 0 Å². The molecule has 3 aromatic heterocycles. The minimum absolute atomic E-state index is 0.0531. The second kappa shape index (κ2) is 7.20. The molecule has 148 valence electrons. The number of nitrogens with zero attached hydrogens (tertiary/aromatic N) is 5.